The third-order valence-corrected chi connectivity index (χ3v) is 3.77. The van der Waals surface area contributed by atoms with E-state index < -0.39 is 0 Å². The van der Waals surface area contributed by atoms with Gasteiger partial charge in [0.2, 0.25) is 0 Å². The van der Waals surface area contributed by atoms with Crippen molar-refractivity contribution in [3.05, 3.63) is 0 Å². The number of hydrogen-bond acceptors (Lipinski definition) is 4. The third-order valence-electron chi connectivity index (χ3n) is 3.77. The minimum absolute atomic E-state index is 0. The summed E-state index contributed by atoms with van der Waals surface area (Å²) in [5.74, 6) is -0.338. The van der Waals surface area contributed by atoms with Gasteiger partial charge in [0.1, 0.15) is 6.61 Å². The third kappa shape index (κ3) is 20.1. The van der Waals surface area contributed by atoms with Crippen molar-refractivity contribution in [2.75, 3.05) is 20.2 Å². The Morgan fingerprint density at radius 1 is 0.826 bits per heavy atom. The number of rotatable bonds is 16. The van der Waals surface area contributed by atoms with Crippen LogP contribution in [0.4, 0.5) is 0 Å². The Balaban J connectivity index is 0. The molecule has 0 heterocycles. The van der Waals surface area contributed by atoms with Gasteiger partial charge in [0.05, 0.1) is 6.54 Å². The molecule has 0 aromatic carbocycles. The van der Waals surface area contributed by atoms with Gasteiger partial charge >= 0.3 is 5.97 Å². The number of unbranched alkanes of at least 4 members (excludes halogenated alkanes) is 10. The predicted molar refractivity (Wildman–Crippen MR) is 96.7 cm³/mol. The summed E-state index contributed by atoms with van der Waals surface area (Å²) in [6.45, 7) is 2.33. The number of carbonyl (C=O) groups is 2. The Morgan fingerprint density at radius 3 is 1.78 bits per heavy atom. The molecule has 23 heavy (non-hydrogen) atoms. The molecule has 0 rings (SSSR count). The number of esters is 1. The fourth-order valence-corrected chi connectivity index (χ4v) is 2.41. The molecule has 0 bridgehead atoms. The molecule has 0 spiro atoms. The average molecular weight is 336 g/mol. The van der Waals surface area contributed by atoms with Crippen molar-refractivity contribution >= 4 is 41.3 Å². The first-order valence-corrected chi connectivity index (χ1v) is 9.02. The van der Waals surface area contributed by atoms with Gasteiger partial charge in [-0.2, -0.15) is 0 Å². The maximum atomic E-state index is 11.5. The summed E-state index contributed by atoms with van der Waals surface area (Å²) in [6.07, 6.45) is 14.5. The zero-order valence-corrected chi connectivity index (χ0v) is 17.6. The van der Waals surface area contributed by atoms with Crippen LogP contribution in [-0.4, -0.2) is 61.5 Å². The number of Topliss-reactive ketones (excluding diaryl/α,β-unsaturated/α-hetero) is 1. The number of nitrogens with one attached hydrogen (secondary N) is 1. The summed E-state index contributed by atoms with van der Waals surface area (Å²) >= 11 is 0. The molecule has 0 amide bonds. The molecule has 5 heteroatoms. The summed E-state index contributed by atoms with van der Waals surface area (Å²) in [6, 6.07) is 0. The van der Waals surface area contributed by atoms with Crippen molar-refractivity contribution in [1.29, 1.82) is 0 Å². The number of likely N-dealkylation sites (N-methyl/N-ethyl adjacent to an activating group) is 1. The van der Waals surface area contributed by atoms with Crippen LogP contribution in [0.5, 0.6) is 0 Å². The standard InChI is InChI=1S/C18H35NO3.Na/c1-3-4-5-6-7-8-9-10-11-12-13-14-17(20)16-22-18(21)15-19-2;/h19H,3-16H2,1-2H3;. The van der Waals surface area contributed by atoms with Crippen molar-refractivity contribution in [2.45, 2.75) is 84.0 Å². The Kier molecular flexibility index (Phi) is 22.2. The van der Waals surface area contributed by atoms with Crippen LogP contribution in [0, 0.1) is 0 Å². The van der Waals surface area contributed by atoms with E-state index >= 15 is 0 Å². The van der Waals surface area contributed by atoms with Gasteiger partial charge in [-0.3, -0.25) is 9.59 Å². The molecule has 0 saturated carbocycles. The number of ether oxygens (including phenoxy) is 1. The molecule has 0 unspecified atom stereocenters. The first kappa shape index (κ1) is 25.3. The van der Waals surface area contributed by atoms with E-state index in [9.17, 15) is 9.59 Å². The minimum atomic E-state index is -0.366. The van der Waals surface area contributed by atoms with Gasteiger partial charge in [-0.1, -0.05) is 71.1 Å². The van der Waals surface area contributed by atoms with Gasteiger partial charge in [0, 0.05) is 36.0 Å². The summed E-state index contributed by atoms with van der Waals surface area (Å²) in [5.41, 5.74) is 0. The average Bonchev–Trinajstić information content (AvgIpc) is 2.51. The zero-order chi connectivity index (χ0) is 16.5. The summed E-state index contributed by atoms with van der Waals surface area (Å²) < 4.78 is 4.84. The smallest absolute Gasteiger partial charge is 0.320 e. The molecule has 131 valence electrons. The van der Waals surface area contributed by atoms with Crippen molar-refractivity contribution in [3.8, 4) is 0 Å². The van der Waals surface area contributed by atoms with Crippen LogP contribution in [-0.2, 0) is 14.3 Å². The monoisotopic (exact) mass is 336 g/mol. The molecule has 0 aromatic rings. The Hall–Kier alpha value is 0.1000. The molecular weight excluding hydrogens is 301 g/mol. The molecule has 0 atom stereocenters. The molecular formula is C18H35NNaO3. The SMILES string of the molecule is CCCCCCCCCCCCCC(=O)COC(=O)CNC.[Na]. The van der Waals surface area contributed by atoms with Crippen molar-refractivity contribution in [1.82, 2.24) is 5.32 Å². The molecule has 0 saturated heterocycles. The first-order chi connectivity index (χ1) is 10.7. The largest absolute Gasteiger partial charge is 0.457 e. The van der Waals surface area contributed by atoms with E-state index in [2.05, 4.69) is 12.2 Å². The Labute approximate surface area is 164 Å². The first-order valence-electron chi connectivity index (χ1n) is 9.02. The van der Waals surface area contributed by atoms with Gasteiger partial charge in [-0.05, 0) is 13.5 Å². The van der Waals surface area contributed by atoms with Crippen LogP contribution in [0.2, 0.25) is 0 Å². The topological polar surface area (TPSA) is 55.4 Å². The molecule has 1 radical (unpaired) electrons. The van der Waals surface area contributed by atoms with Gasteiger partial charge in [0.15, 0.2) is 5.78 Å². The van der Waals surface area contributed by atoms with Crippen LogP contribution in [0.15, 0.2) is 0 Å². The maximum Gasteiger partial charge on any atom is 0.320 e. The Bertz CT molecular complexity index is 285. The molecule has 0 aliphatic rings. The van der Waals surface area contributed by atoms with Crippen LogP contribution in [0.25, 0.3) is 0 Å². The molecule has 4 nitrogen and oxygen atoms in total. The van der Waals surface area contributed by atoms with Crippen molar-refractivity contribution in [3.63, 3.8) is 0 Å². The Morgan fingerprint density at radius 2 is 1.30 bits per heavy atom. The zero-order valence-electron chi connectivity index (χ0n) is 15.6. The van der Waals surface area contributed by atoms with E-state index in [1.165, 1.54) is 57.8 Å². The quantitative estimate of drug-likeness (QED) is 0.266. The van der Waals surface area contributed by atoms with E-state index in [0.29, 0.717) is 6.42 Å². The second-order valence-corrected chi connectivity index (χ2v) is 6.02. The molecule has 0 aliphatic heterocycles. The number of hydrogen-bond donors (Lipinski definition) is 1. The summed E-state index contributed by atoms with van der Waals surface area (Å²) in [4.78, 5) is 22.6. The second kappa shape index (κ2) is 20.1. The fourth-order valence-electron chi connectivity index (χ4n) is 2.41. The fraction of sp³-hybridized carbons (Fsp3) is 0.889. The van der Waals surface area contributed by atoms with Crippen LogP contribution >= 0.6 is 0 Å². The molecule has 0 fully saturated rings. The second-order valence-electron chi connectivity index (χ2n) is 6.02. The van der Waals surface area contributed by atoms with Crippen molar-refractivity contribution in [2.24, 2.45) is 0 Å². The van der Waals surface area contributed by atoms with Gasteiger partial charge in [0.25, 0.3) is 0 Å². The number of ketones is 1. The van der Waals surface area contributed by atoms with Gasteiger partial charge < -0.3 is 10.1 Å². The van der Waals surface area contributed by atoms with E-state index in [4.69, 9.17) is 4.74 Å². The molecule has 0 aromatic heterocycles. The summed E-state index contributed by atoms with van der Waals surface area (Å²) in [7, 11) is 1.67. The van der Waals surface area contributed by atoms with Crippen LogP contribution in [0.3, 0.4) is 0 Å². The van der Waals surface area contributed by atoms with Gasteiger partial charge in [-0.15, -0.1) is 0 Å². The summed E-state index contributed by atoms with van der Waals surface area (Å²) in [5, 5.41) is 2.70. The normalized spacial score (nSPS) is 10.2. The van der Waals surface area contributed by atoms with Crippen molar-refractivity contribution < 1.29 is 14.3 Å². The van der Waals surface area contributed by atoms with Gasteiger partial charge in [-0.25, -0.2) is 0 Å². The van der Waals surface area contributed by atoms with E-state index in [0.717, 1.165) is 12.8 Å². The molecule has 1 N–H and O–H groups in total. The number of carbonyl (C=O) groups excluding carboxylic acids is 2. The minimum Gasteiger partial charge on any atom is -0.457 e. The van der Waals surface area contributed by atoms with Crippen LogP contribution < -0.4 is 5.32 Å². The maximum absolute atomic E-state index is 11.5. The van der Waals surface area contributed by atoms with E-state index in [1.54, 1.807) is 7.05 Å². The van der Waals surface area contributed by atoms with E-state index in [-0.39, 0.29) is 54.5 Å². The molecule has 0 aliphatic carbocycles. The predicted octanol–water partition coefficient (Wildman–Crippen LogP) is 3.64. The van der Waals surface area contributed by atoms with E-state index in [1.807, 2.05) is 0 Å². The van der Waals surface area contributed by atoms with Crippen LogP contribution in [0.1, 0.15) is 84.0 Å².